The van der Waals surface area contributed by atoms with Crippen LogP contribution in [-0.2, 0) is 11.2 Å². The molecule has 0 heterocycles. The van der Waals surface area contributed by atoms with Crippen LogP contribution >= 0.6 is 0 Å². The first-order valence-corrected chi connectivity index (χ1v) is 7.34. The molecule has 0 spiro atoms. The Morgan fingerprint density at radius 1 is 1.21 bits per heavy atom. The number of nitriles is 1. The topological polar surface area (TPSA) is 79.5 Å². The normalized spacial score (nSPS) is 10.8. The van der Waals surface area contributed by atoms with Crippen LogP contribution in [0, 0.1) is 11.3 Å². The molecule has 5 heteroatoms. The van der Waals surface area contributed by atoms with Gasteiger partial charge >= 0.3 is 5.97 Å². The Labute approximate surface area is 140 Å². The largest absolute Gasteiger partial charge is 0.493 e. The number of carbonyl (C=O) groups is 1. The third kappa shape index (κ3) is 4.37. The van der Waals surface area contributed by atoms with Crippen molar-refractivity contribution in [2.24, 2.45) is 0 Å². The van der Waals surface area contributed by atoms with Crippen LogP contribution in [0.15, 0.2) is 54.1 Å². The fourth-order valence-electron chi connectivity index (χ4n) is 2.17. The fraction of sp³-hybridized carbons (Fsp3) is 0.158. The van der Waals surface area contributed by atoms with Crippen molar-refractivity contribution in [1.82, 2.24) is 0 Å². The van der Waals surface area contributed by atoms with E-state index in [1.54, 1.807) is 24.3 Å². The molecule has 2 rings (SSSR count). The van der Waals surface area contributed by atoms with Crippen LogP contribution in [-0.4, -0.2) is 24.8 Å². The molecule has 0 radical (unpaired) electrons. The first kappa shape index (κ1) is 17.1. The number of nitrogens with zero attached hydrogens (tertiary/aromatic N) is 1. The van der Waals surface area contributed by atoms with Crippen LogP contribution < -0.4 is 9.47 Å². The third-order valence-corrected chi connectivity index (χ3v) is 3.36. The van der Waals surface area contributed by atoms with E-state index in [2.05, 4.69) is 0 Å². The summed E-state index contributed by atoms with van der Waals surface area (Å²) in [4.78, 5) is 11.0. The molecule has 1 N–H and O–H groups in total. The maximum atomic E-state index is 11.0. The Balaban J connectivity index is 2.24. The van der Waals surface area contributed by atoms with Crippen LogP contribution in [0.5, 0.6) is 11.5 Å². The summed E-state index contributed by atoms with van der Waals surface area (Å²) >= 11 is 0. The molecule has 0 aliphatic carbocycles. The Kier molecular flexibility index (Phi) is 5.98. The molecule has 0 saturated carbocycles. The maximum Gasteiger partial charge on any atom is 0.346 e. The summed E-state index contributed by atoms with van der Waals surface area (Å²) in [6, 6.07) is 16.7. The number of para-hydroxylation sites is 1. The van der Waals surface area contributed by atoms with Crippen molar-refractivity contribution in [1.29, 1.82) is 5.26 Å². The third-order valence-electron chi connectivity index (χ3n) is 3.36. The number of carboxylic acid groups (broad SMARTS) is 1. The lowest BCUT2D eigenvalue weighted by Crippen LogP contribution is -2.04. The number of rotatable bonds is 7. The molecule has 0 atom stereocenters. The van der Waals surface area contributed by atoms with E-state index >= 15 is 0 Å². The number of aliphatic carboxylic acids is 1. The molecule has 0 unspecified atom stereocenters. The quantitative estimate of drug-likeness (QED) is 0.624. The molecule has 0 aliphatic heterocycles. The maximum absolute atomic E-state index is 11.0. The van der Waals surface area contributed by atoms with Crippen LogP contribution in [0.4, 0.5) is 0 Å². The number of carboxylic acids is 1. The monoisotopic (exact) mass is 323 g/mol. The van der Waals surface area contributed by atoms with Gasteiger partial charge in [0.05, 0.1) is 13.7 Å². The molecule has 122 valence electrons. The summed E-state index contributed by atoms with van der Waals surface area (Å²) in [5, 5.41) is 17.9. The smallest absolute Gasteiger partial charge is 0.346 e. The molecule has 5 nitrogen and oxygen atoms in total. The minimum absolute atomic E-state index is 0.365. The second kappa shape index (κ2) is 8.39. The number of hydrogen-bond acceptors (Lipinski definition) is 4. The molecule has 0 fully saturated rings. The molecule has 0 aromatic heterocycles. The van der Waals surface area contributed by atoms with Gasteiger partial charge in [-0.1, -0.05) is 42.5 Å². The Morgan fingerprint density at radius 2 is 1.96 bits per heavy atom. The average Bonchev–Trinajstić information content (AvgIpc) is 2.61. The van der Waals surface area contributed by atoms with Gasteiger partial charge in [-0.3, -0.25) is 0 Å². The molecule has 2 aromatic carbocycles. The van der Waals surface area contributed by atoms with Crippen molar-refractivity contribution < 1.29 is 19.4 Å². The number of benzene rings is 2. The van der Waals surface area contributed by atoms with Gasteiger partial charge in [0.15, 0.2) is 11.5 Å². The van der Waals surface area contributed by atoms with Gasteiger partial charge in [0.2, 0.25) is 0 Å². The zero-order valence-corrected chi connectivity index (χ0v) is 13.2. The van der Waals surface area contributed by atoms with Gasteiger partial charge in [-0.05, 0) is 17.7 Å². The van der Waals surface area contributed by atoms with E-state index in [1.807, 2.05) is 30.3 Å². The van der Waals surface area contributed by atoms with Crippen molar-refractivity contribution in [3.63, 3.8) is 0 Å². The number of hydrogen-bond donors (Lipinski definition) is 1. The van der Waals surface area contributed by atoms with E-state index in [-0.39, 0.29) is 5.57 Å². The Bertz CT molecular complexity index is 776. The van der Waals surface area contributed by atoms with Crippen LogP contribution in [0.1, 0.15) is 11.1 Å². The van der Waals surface area contributed by atoms with E-state index in [4.69, 9.17) is 19.8 Å². The van der Waals surface area contributed by atoms with Gasteiger partial charge < -0.3 is 14.6 Å². The minimum atomic E-state index is -1.28. The molecule has 0 bridgehead atoms. The van der Waals surface area contributed by atoms with Gasteiger partial charge in [0, 0.05) is 12.0 Å². The van der Waals surface area contributed by atoms with Crippen molar-refractivity contribution in [3.05, 3.63) is 65.2 Å². The molecule has 0 amide bonds. The molecular weight excluding hydrogens is 306 g/mol. The second-order valence-corrected chi connectivity index (χ2v) is 4.94. The summed E-state index contributed by atoms with van der Waals surface area (Å²) in [5.74, 6) is -0.375. The van der Waals surface area contributed by atoms with Crippen LogP contribution in [0.3, 0.4) is 0 Å². The summed E-state index contributed by atoms with van der Waals surface area (Å²) in [6.45, 7) is 0.403. The summed E-state index contributed by atoms with van der Waals surface area (Å²) in [6.07, 6.45) is 1.98. The van der Waals surface area contributed by atoms with Crippen LogP contribution in [0.25, 0.3) is 6.08 Å². The summed E-state index contributed by atoms with van der Waals surface area (Å²) in [5.41, 5.74) is 1.25. The molecule has 24 heavy (non-hydrogen) atoms. The van der Waals surface area contributed by atoms with E-state index in [1.165, 1.54) is 13.2 Å². The summed E-state index contributed by atoms with van der Waals surface area (Å²) < 4.78 is 11.1. The SMILES string of the molecule is COc1cccc(C=C(C#N)C(=O)O)c1OCCc1ccccc1. The highest BCUT2D eigenvalue weighted by molar-refractivity contribution is 5.97. The zero-order valence-electron chi connectivity index (χ0n) is 13.2. The molecular formula is C19H17NO4. The van der Waals surface area contributed by atoms with E-state index in [0.29, 0.717) is 30.1 Å². The lowest BCUT2D eigenvalue weighted by Gasteiger charge is -2.13. The average molecular weight is 323 g/mol. The highest BCUT2D eigenvalue weighted by Crippen LogP contribution is 2.32. The second-order valence-electron chi connectivity index (χ2n) is 4.94. The lowest BCUT2D eigenvalue weighted by atomic mass is 10.1. The molecule has 0 aliphatic rings. The number of ether oxygens (including phenoxy) is 2. The zero-order chi connectivity index (χ0) is 17.4. The predicted octanol–water partition coefficient (Wildman–Crippen LogP) is 3.31. The van der Waals surface area contributed by atoms with Gasteiger partial charge in [-0.25, -0.2) is 4.79 Å². The first-order chi connectivity index (χ1) is 11.7. The van der Waals surface area contributed by atoms with E-state index in [0.717, 1.165) is 5.56 Å². The highest BCUT2D eigenvalue weighted by Gasteiger charge is 2.13. The van der Waals surface area contributed by atoms with E-state index < -0.39 is 5.97 Å². The standard InChI is InChI=1S/C19H17NO4/c1-23-17-9-5-8-15(12-16(13-20)19(21)22)18(17)24-11-10-14-6-3-2-4-7-14/h2-9,12H,10-11H2,1H3,(H,21,22). The Hall–Kier alpha value is -3.26. The van der Waals surface area contributed by atoms with E-state index in [9.17, 15) is 4.79 Å². The Morgan fingerprint density at radius 3 is 2.58 bits per heavy atom. The molecule has 2 aromatic rings. The van der Waals surface area contributed by atoms with Gasteiger partial charge in [0.1, 0.15) is 11.6 Å². The van der Waals surface area contributed by atoms with Crippen molar-refractivity contribution in [2.75, 3.05) is 13.7 Å². The predicted molar refractivity (Wildman–Crippen MR) is 89.9 cm³/mol. The fourth-order valence-corrected chi connectivity index (χ4v) is 2.17. The first-order valence-electron chi connectivity index (χ1n) is 7.34. The minimum Gasteiger partial charge on any atom is -0.493 e. The summed E-state index contributed by atoms with van der Waals surface area (Å²) in [7, 11) is 1.51. The van der Waals surface area contributed by atoms with Crippen molar-refractivity contribution in [2.45, 2.75) is 6.42 Å². The van der Waals surface area contributed by atoms with Gasteiger partial charge in [-0.2, -0.15) is 5.26 Å². The number of methoxy groups -OCH3 is 1. The highest BCUT2D eigenvalue weighted by atomic mass is 16.5. The van der Waals surface area contributed by atoms with Gasteiger partial charge in [-0.15, -0.1) is 0 Å². The van der Waals surface area contributed by atoms with Crippen LogP contribution in [0.2, 0.25) is 0 Å². The van der Waals surface area contributed by atoms with Crippen molar-refractivity contribution in [3.8, 4) is 17.6 Å². The van der Waals surface area contributed by atoms with Gasteiger partial charge in [0.25, 0.3) is 0 Å². The molecule has 0 saturated heterocycles. The van der Waals surface area contributed by atoms with Crippen molar-refractivity contribution >= 4 is 12.0 Å². The lowest BCUT2D eigenvalue weighted by molar-refractivity contribution is -0.132.